The molecule has 0 fully saturated rings. The molecule has 2 aromatic carbocycles. The van der Waals surface area contributed by atoms with Crippen LogP contribution in [-0.4, -0.2) is 6.61 Å². The van der Waals surface area contributed by atoms with Crippen LogP contribution in [0.25, 0.3) is 0 Å². The molecule has 0 saturated heterocycles. The third-order valence-electron chi connectivity index (χ3n) is 3.50. The maximum Gasteiger partial charge on any atom is 0.124 e. The van der Waals surface area contributed by atoms with Crippen molar-refractivity contribution in [3.05, 3.63) is 65.5 Å². The second kappa shape index (κ2) is 5.02. The highest BCUT2D eigenvalue weighted by Crippen LogP contribution is 2.33. The topological polar surface area (TPSA) is 21.3 Å². The van der Waals surface area contributed by atoms with Crippen molar-refractivity contribution in [3.63, 3.8) is 0 Å². The van der Waals surface area contributed by atoms with Crippen LogP contribution in [0.15, 0.2) is 48.5 Å². The summed E-state index contributed by atoms with van der Waals surface area (Å²) in [5.74, 6) is 0.737. The highest BCUT2D eigenvalue weighted by Gasteiger charge is 2.24. The summed E-state index contributed by atoms with van der Waals surface area (Å²) < 4.78 is 18.9. The average Bonchev–Trinajstić information content (AvgIpc) is 2.82. The van der Waals surface area contributed by atoms with E-state index >= 15 is 0 Å². The second-order valence-electron chi connectivity index (χ2n) is 4.84. The SMILES string of the molecule is CC(NC1COc2ccccc21)c1cccc(F)c1. The molecule has 2 atom stereocenters. The van der Waals surface area contributed by atoms with E-state index in [1.165, 1.54) is 11.6 Å². The molecule has 98 valence electrons. The fourth-order valence-corrected chi connectivity index (χ4v) is 2.47. The van der Waals surface area contributed by atoms with Gasteiger partial charge in [-0.25, -0.2) is 4.39 Å². The summed E-state index contributed by atoms with van der Waals surface area (Å²) in [6, 6.07) is 15.0. The summed E-state index contributed by atoms with van der Waals surface area (Å²) in [4.78, 5) is 0. The Morgan fingerprint density at radius 2 is 2.05 bits per heavy atom. The molecule has 1 heterocycles. The summed E-state index contributed by atoms with van der Waals surface area (Å²) in [5.41, 5.74) is 2.12. The van der Waals surface area contributed by atoms with Crippen LogP contribution in [0.3, 0.4) is 0 Å². The molecule has 2 unspecified atom stereocenters. The minimum atomic E-state index is -0.200. The number of hydrogen-bond donors (Lipinski definition) is 1. The van der Waals surface area contributed by atoms with Gasteiger partial charge in [-0.1, -0.05) is 30.3 Å². The van der Waals surface area contributed by atoms with Gasteiger partial charge in [-0.15, -0.1) is 0 Å². The Bertz CT molecular complexity index is 584. The Labute approximate surface area is 112 Å². The third-order valence-corrected chi connectivity index (χ3v) is 3.50. The second-order valence-corrected chi connectivity index (χ2v) is 4.84. The minimum Gasteiger partial charge on any atom is -0.491 e. The van der Waals surface area contributed by atoms with Crippen molar-refractivity contribution in [3.8, 4) is 5.75 Å². The quantitative estimate of drug-likeness (QED) is 0.907. The molecule has 0 saturated carbocycles. The molecule has 2 aromatic rings. The number of nitrogens with one attached hydrogen (secondary N) is 1. The van der Waals surface area contributed by atoms with Gasteiger partial charge in [-0.3, -0.25) is 0 Å². The Balaban J connectivity index is 1.76. The normalized spacial score (nSPS) is 18.7. The summed E-state index contributed by atoms with van der Waals surface area (Å²) in [6.45, 7) is 2.66. The number of fused-ring (bicyclic) bond motifs is 1. The summed E-state index contributed by atoms with van der Waals surface area (Å²) >= 11 is 0. The predicted octanol–water partition coefficient (Wildman–Crippen LogP) is 3.61. The maximum atomic E-state index is 13.2. The lowest BCUT2D eigenvalue weighted by Gasteiger charge is -2.19. The molecule has 3 rings (SSSR count). The van der Waals surface area contributed by atoms with Crippen LogP contribution in [0.5, 0.6) is 5.75 Å². The Hall–Kier alpha value is -1.87. The van der Waals surface area contributed by atoms with Crippen LogP contribution < -0.4 is 10.1 Å². The predicted molar refractivity (Wildman–Crippen MR) is 72.6 cm³/mol. The number of rotatable bonds is 3. The lowest BCUT2D eigenvalue weighted by Crippen LogP contribution is -2.25. The maximum absolute atomic E-state index is 13.2. The number of halogens is 1. The standard InChI is InChI=1S/C16H16FNO/c1-11(12-5-4-6-13(17)9-12)18-15-10-19-16-8-3-2-7-14(15)16/h2-9,11,15,18H,10H2,1H3. The van der Waals surface area contributed by atoms with Crippen molar-refractivity contribution in [1.29, 1.82) is 0 Å². The minimum absolute atomic E-state index is 0.0791. The molecule has 1 aliphatic heterocycles. The van der Waals surface area contributed by atoms with Crippen molar-refractivity contribution < 1.29 is 9.13 Å². The first kappa shape index (κ1) is 12.2. The molecule has 1 N–H and O–H groups in total. The highest BCUT2D eigenvalue weighted by molar-refractivity contribution is 5.39. The number of hydrogen-bond acceptors (Lipinski definition) is 2. The van der Waals surface area contributed by atoms with E-state index in [9.17, 15) is 4.39 Å². The van der Waals surface area contributed by atoms with Gasteiger partial charge < -0.3 is 10.1 Å². The van der Waals surface area contributed by atoms with Gasteiger partial charge in [0.05, 0.1) is 6.04 Å². The van der Waals surface area contributed by atoms with E-state index in [0.29, 0.717) is 6.61 Å². The van der Waals surface area contributed by atoms with E-state index < -0.39 is 0 Å². The van der Waals surface area contributed by atoms with E-state index in [4.69, 9.17) is 4.74 Å². The Morgan fingerprint density at radius 1 is 1.21 bits per heavy atom. The summed E-state index contributed by atoms with van der Waals surface area (Å²) in [5, 5.41) is 3.49. The van der Waals surface area contributed by atoms with Crippen LogP contribution in [0, 0.1) is 5.82 Å². The van der Waals surface area contributed by atoms with Gasteiger partial charge in [0, 0.05) is 11.6 Å². The zero-order valence-corrected chi connectivity index (χ0v) is 10.8. The zero-order valence-electron chi connectivity index (χ0n) is 10.8. The van der Waals surface area contributed by atoms with Crippen LogP contribution in [0.2, 0.25) is 0 Å². The van der Waals surface area contributed by atoms with Crippen molar-refractivity contribution >= 4 is 0 Å². The van der Waals surface area contributed by atoms with Gasteiger partial charge in [0.1, 0.15) is 18.2 Å². The molecule has 0 aliphatic carbocycles. The van der Waals surface area contributed by atoms with Crippen LogP contribution in [0.4, 0.5) is 4.39 Å². The molecular weight excluding hydrogens is 241 g/mol. The first-order valence-corrected chi connectivity index (χ1v) is 6.47. The molecule has 2 nitrogen and oxygen atoms in total. The van der Waals surface area contributed by atoms with E-state index in [1.807, 2.05) is 31.2 Å². The first-order chi connectivity index (χ1) is 9.24. The molecule has 0 aromatic heterocycles. The van der Waals surface area contributed by atoms with E-state index in [1.54, 1.807) is 12.1 Å². The lowest BCUT2D eigenvalue weighted by molar-refractivity contribution is 0.301. The molecule has 0 bridgehead atoms. The van der Waals surface area contributed by atoms with Gasteiger partial charge in [0.15, 0.2) is 0 Å². The molecular formula is C16H16FNO. The summed E-state index contributed by atoms with van der Waals surface area (Å²) in [7, 11) is 0. The third kappa shape index (κ3) is 2.47. The Kier molecular flexibility index (Phi) is 3.22. The highest BCUT2D eigenvalue weighted by atomic mass is 19.1. The smallest absolute Gasteiger partial charge is 0.124 e. The van der Waals surface area contributed by atoms with E-state index in [0.717, 1.165) is 11.3 Å². The van der Waals surface area contributed by atoms with Gasteiger partial charge in [0.25, 0.3) is 0 Å². The molecule has 0 radical (unpaired) electrons. The van der Waals surface area contributed by atoms with Crippen LogP contribution in [0.1, 0.15) is 30.1 Å². The lowest BCUT2D eigenvalue weighted by atomic mass is 10.0. The van der Waals surface area contributed by atoms with Gasteiger partial charge in [-0.2, -0.15) is 0 Å². The van der Waals surface area contributed by atoms with Crippen molar-refractivity contribution in [1.82, 2.24) is 5.32 Å². The van der Waals surface area contributed by atoms with E-state index in [2.05, 4.69) is 11.4 Å². The monoisotopic (exact) mass is 257 g/mol. The summed E-state index contributed by atoms with van der Waals surface area (Å²) in [6.07, 6.45) is 0. The van der Waals surface area contributed by atoms with Crippen molar-refractivity contribution in [2.75, 3.05) is 6.61 Å². The van der Waals surface area contributed by atoms with Crippen molar-refractivity contribution in [2.24, 2.45) is 0 Å². The van der Waals surface area contributed by atoms with Gasteiger partial charge >= 0.3 is 0 Å². The van der Waals surface area contributed by atoms with E-state index in [-0.39, 0.29) is 17.9 Å². The average molecular weight is 257 g/mol. The fraction of sp³-hybridized carbons (Fsp3) is 0.250. The molecule has 1 aliphatic rings. The first-order valence-electron chi connectivity index (χ1n) is 6.47. The molecule has 0 spiro atoms. The molecule has 0 amide bonds. The fourth-order valence-electron chi connectivity index (χ4n) is 2.47. The van der Waals surface area contributed by atoms with Gasteiger partial charge in [0.2, 0.25) is 0 Å². The van der Waals surface area contributed by atoms with Crippen molar-refractivity contribution in [2.45, 2.75) is 19.0 Å². The molecule has 3 heteroatoms. The van der Waals surface area contributed by atoms with Crippen LogP contribution >= 0.6 is 0 Å². The van der Waals surface area contributed by atoms with Crippen LogP contribution in [-0.2, 0) is 0 Å². The van der Waals surface area contributed by atoms with Gasteiger partial charge in [-0.05, 0) is 30.7 Å². The zero-order chi connectivity index (χ0) is 13.2. The number of ether oxygens (including phenoxy) is 1. The largest absolute Gasteiger partial charge is 0.491 e. The number of para-hydroxylation sites is 1. The number of benzene rings is 2. The Morgan fingerprint density at radius 3 is 2.89 bits per heavy atom. The molecule has 19 heavy (non-hydrogen) atoms.